The van der Waals surface area contributed by atoms with Crippen molar-refractivity contribution in [3.05, 3.63) is 52.1 Å². The molecule has 0 fully saturated rings. The largest absolute Gasteiger partial charge is 0.496 e. The Morgan fingerprint density at radius 1 is 0.826 bits per heavy atom. The number of aryl methyl sites for hydroxylation is 1. The minimum absolute atomic E-state index is 0.124. The van der Waals surface area contributed by atoms with Gasteiger partial charge in [0.25, 0.3) is 0 Å². The van der Waals surface area contributed by atoms with Gasteiger partial charge in [-0.05, 0) is 50.1 Å². The number of hydrogen-bond acceptors (Lipinski definition) is 4. The van der Waals surface area contributed by atoms with Gasteiger partial charge in [-0.2, -0.15) is 0 Å². The summed E-state index contributed by atoms with van der Waals surface area (Å²) in [5.74, 6) is 1.72. The summed E-state index contributed by atoms with van der Waals surface area (Å²) in [6.45, 7) is 5.83. The number of methoxy groups -OCH3 is 3. The van der Waals surface area contributed by atoms with Crippen LogP contribution in [0.5, 0.6) is 17.2 Å². The third kappa shape index (κ3) is 3.02. The Hall–Kier alpha value is -2.49. The summed E-state index contributed by atoms with van der Waals surface area (Å²) in [5, 5.41) is 0. The van der Waals surface area contributed by atoms with E-state index in [1.807, 2.05) is 26.8 Å². The Morgan fingerprint density at radius 2 is 1.39 bits per heavy atom. The Kier molecular flexibility index (Phi) is 4.94. The van der Waals surface area contributed by atoms with E-state index in [1.54, 1.807) is 39.5 Å². The van der Waals surface area contributed by atoms with Crippen LogP contribution in [0.4, 0.5) is 0 Å². The van der Waals surface area contributed by atoms with E-state index in [1.165, 1.54) is 0 Å². The van der Waals surface area contributed by atoms with Gasteiger partial charge in [0.15, 0.2) is 5.78 Å². The highest BCUT2D eigenvalue weighted by molar-refractivity contribution is 6.11. The molecule has 0 aliphatic carbocycles. The van der Waals surface area contributed by atoms with Crippen LogP contribution in [0.15, 0.2) is 24.3 Å². The number of hydrogen-bond donors (Lipinski definition) is 0. The number of benzene rings is 2. The minimum atomic E-state index is -0.124. The summed E-state index contributed by atoms with van der Waals surface area (Å²) >= 11 is 0. The molecule has 0 radical (unpaired) electrons. The van der Waals surface area contributed by atoms with Crippen molar-refractivity contribution >= 4 is 5.78 Å². The molecule has 0 saturated carbocycles. The van der Waals surface area contributed by atoms with Crippen LogP contribution < -0.4 is 14.2 Å². The van der Waals surface area contributed by atoms with Crippen molar-refractivity contribution in [2.45, 2.75) is 20.8 Å². The standard InChI is InChI=1S/C19H22O4/c1-11-7-8-15(19(23-6)12(11)2)18(20)14-9-16(21-4)13(3)17(10-14)22-5/h7-10H,1-6H3. The van der Waals surface area contributed by atoms with Gasteiger partial charge in [0, 0.05) is 11.1 Å². The molecule has 122 valence electrons. The molecule has 0 N–H and O–H groups in total. The molecule has 0 unspecified atom stereocenters. The first-order valence-electron chi connectivity index (χ1n) is 7.36. The molecule has 0 spiro atoms. The van der Waals surface area contributed by atoms with Gasteiger partial charge in [-0.25, -0.2) is 0 Å². The zero-order valence-electron chi connectivity index (χ0n) is 14.4. The summed E-state index contributed by atoms with van der Waals surface area (Å²) in [4.78, 5) is 12.9. The third-order valence-corrected chi connectivity index (χ3v) is 4.14. The third-order valence-electron chi connectivity index (χ3n) is 4.14. The van der Waals surface area contributed by atoms with Crippen LogP contribution in [0.3, 0.4) is 0 Å². The number of ether oxygens (including phenoxy) is 3. The number of ketones is 1. The molecule has 4 heteroatoms. The Morgan fingerprint density at radius 3 is 1.87 bits per heavy atom. The molecule has 0 saturated heterocycles. The molecule has 23 heavy (non-hydrogen) atoms. The first-order chi connectivity index (χ1) is 10.9. The topological polar surface area (TPSA) is 44.8 Å². The van der Waals surface area contributed by atoms with E-state index in [-0.39, 0.29) is 5.78 Å². The highest BCUT2D eigenvalue weighted by atomic mass is 16.5. The molecule has 0 amide bonds. The summed E-state index contributed by atoms with van der Waals surface area (Å²) in [5.41, 5.74) is 3.94. The molecule has 0 aliphatic heterocycles. The monoisotopic (exact) mass is 314 g/mol. The second kappa shape index (κ2) is 6.73. The number of rotatable bonds is 5. The normalized spacial score (nSPS) is 10.3. The Labute approximate surface area is 137 Å². The van der Waals surface area contributed by atoms with Gasteiger partial charge in [-0.1, -0.05) is 6.07 Å². The van der Waals surface area contributed by atoms with Crippen LogP contribution >= 0.6 is 0 Å². The van der Waals surface area contributed by atoms with Crippen molar-refractivity contribution in [1.82, 2.24) is 0 Å². The average molecular weight is 314 g/mol. The van der Waals surface area contributed by atoms with Gasteiger partial charge >= 0.3 is 0 Å². The maximum Gasteiger partial charge on any atom is 0.197 e. The van der Waals surface area contributed by atoms with Crippen molar-refractivity contribution < 1.29 is 19.0 Å². The molecule has 0 heterocycles. The average Bonchev–Trinajstić information content (AvgIpc) is 2.56. The van der Waals surface area contributed by atoms with E-state index in [0.717, 1.165) is 16.7 Å². The second-order valence-electron chi connectivity index (χ2n) is 5.42. The molecule has 2 aromatic carbocycles. The SMILES string of the molecule is COc1cc(C(=O)c2ccc(C)c(C)c2OC)cc(OC)c1C. The van der Waals surface area contributed by atoms with E-state index in [0.29, 0.717) is 28.4 Å². The van der Waals surface area contributed by atoms with Gasteiger partial charge in [0.1, 0.15) is 17.2 Å². The maximum atomic E-state index is 12.9. The van der Waals surface area contributed by atoms with Crippen molar-refractivity contribution in [3.8, 4) is 17.2 Å². The molecule has 2 aromatic rings. The van der Waals surface area contributed by atoms with E-state index in [2.05, 4.69) is 0 Å². The fourth-order valence-corrected chi connectivity index (χ4v) is 2.60. The van der Waals surface area contributed by atoms with Gasteiger partial charge in [0.05, 0.1) is 26.9 Å². The molecular formula is C19H22O4. The first kappa shape index (κ1) is 16.9. The van der Waals surface area contributed by atoms with E-state index < -0.39 is 0 Å². The van der Waals surface area contributed by atoms with E-state index in [4.69, 9.17) is 14.2 Å². The quantitative estimate of drug-likeness (QED) is 0.786. The number of carbonyl (C=O) groups is 1. The van der Waals surface area contributed by atoms with Crippen LogP contribution in [0, 0.1) is 20.8 Å². The second-order valence-corrected chi connectivity index (χ2v) is 5.42. The summed E-state index contributed by atoms with van der Waals surface area (Å²) in [6.07, 6.45) is 0. The first-order valence-corrected chi connectivity index (χ1v) is 7.36. The van der Waals surface area contributed by atoms with Crippen molar-refractivity contribution in [2.75, 3.05) is 21.3 Å². The molecular weight excluding hydrogens is 292 g/mol. The highest BCUT2D eigenvalue weighted by Crippen LogP contribution is 2.33. The minimum Gasteiger partial charge on any atom is -0.496 e. The molecule has 0 bridgehead atoms. The van der Waals surface area contributed by atoms with Gasteiger partial charge in [-0.15, -0.1) is 0 Å². The number of carbonyl (C=O) groups excluding carboxylic acids is 1. The van der Waals surface area contributed by atoms with Crippen molar-refractivity contribution in [1.29, 1.82) is 0 Å². The summed E-state index contributed by atoms with van der Waals surface area (Å²) in [7, 11) is 4.73. The smallest absolute Gasteiger partial charge is 0.197 e. The maximum absolute atomic E-state index is 12.9. The van der Waals surface area contributed by atoms with E-state index in [9.17, 15) is 4.79 Å². The predicted molar refractivity (Wildman–Crippen MR) is 90.2 cm³/mol. The highest BCUT2D eigenvalue weighted by Gasteiger charge is 2.20. The lowest BCUT2D eigenvalue weighted by molar-refractivity contribution is 0.103. The van der Waals surface area contributed by atoms with Gasteiger partial charge in [-0.3, -0.25) is 4.79 Å². The molecule has 2 rings (SSSR count). The van der Waals surface area contributed by atoms with Crippen LogP contribution in [0.2, 0.25) is 0 Å². The predicted octanol–water partition coefficient (Wildman–Crippen LogP) is 3.87. The lowest BCUT2D eigenvalue weighted by Gasteiger charge is -2.15. The van der Waals surface area contributed by atoms with Gasteiger partial charge in [0.2, 0.25) is 0 Å². The lowest BCUT2D eigenvalue weighted by atomic mass is 9.96. The zero-order valence-corrected chi connectivity index (χ0v) is 14.4. The Bertz CT molecular complexity index is 722. The van der Waals surface area contributed by atoms with Crippen molar-refractivity contribution in [3.63, 3.8) is 0 Å². The summed E-state index contributed by atoms with van der Waals surface area (Å²) < 4.78 is 16.2. The van der Waals surface area contributed by atoms with Crippen molar-refractivity contribution in [2.24, 2.45) is 0 Å². The zero-order chi connectivity index (χ0) is 17.1. The molecule has 0 aromatic heterocycles. The fraction of sp³-hybridized carbons (Fsp3) is 0.316. The van der Waals surface area contributed by atoms with Gasteiger partial charge < -0.3 is 14.2 Å². The van der Waals surface area contributed by atoms with E-state index >= 15 is 0 Å². The van der Waals surface area contributed by atoms with Crippen LogP contribution in [-0.2, 0) is 0 Å². The molecule has 0 aliphatic rings. The van der Waals surface area contributed by atoms with Crippen LogP contribution in [0.1, 0.15) is 32.6 Å². The van der Waals surface area contributed by atoms with Crippen LogP contribution in [0.25, 0.3) is 0 Å². The Balaban J connectivity index is 2.60. The fourth-order valence-electron chi connectivity index (χ4n) is 2.60. The molecule has 4 nitrogen and oxygen atoms in total. The van der Waals surface area contributed by atoms with Crippen LogP contribution in [-0.4, -0.2) is 27.1 Å². The molecule has 0 atom stereocenters. The summed E-state index contributed by atoms with van der Waals surface area (Å²) in [6, 6.07) is 7.18. The lowest BCUT2D eigenvalue weighted by Crippen LogP contribution is -2.07.